The summed E-state index contributed by atoms with van der Waals surface area (Å²) in [7, 11) is 0. The minimum Gasteiger partial charge on any atom is -0.456 e. The molecule has 0 amide bonds. The molecule has 5 nitrogen and oxygen atoms in total. The number of aromatic nitrogens is 3. The molecule has 0 saturated heterocycles. The fraction of sp³-hybridized carbons (Fsp3) is 0. The van der Waals surface area contributed by atoms with Gasteiger partial charge in [-0.1, -0.05) is 115 Å². The summed E-state index contributed by atoms with van der Waals surface area (Å²) in [4.78, 5) is 15.4. The molecule has 5 heteroatoms. The third-order valence-corrected chi connectivity index (χ3v) is 10.1. The maximum absolute atomic E-state index is 6.54. The Labute approximate surface area is 297 Å². The van der Waals surface area contributed by atoms with Crippen molar-refractivity contribution < 1.29 is 8.83 Å². The highest BCUT2D eigenvalue weighted by molar-refractivity contribution is 6.14. The Morgan fingerprint density at radius 2 is 0.788 bits per heavy atom. The number of benzene rings is 8. The summed E-state index contributed by atoms with van der Waals surface area (Å²) in [6, 6.07) is 56.5. The van der Waals surface area contributed by atoms with Gasteiger partial charge < -0.3 is 8.83 Å². The zero-order chi connectivity index (χ0) is 34.2. The molecule has 0 N–H and O–H groups in total. The predicted octanol–water partition coefficient (Wildman–Crippen LogP) is 12.6. The Bertz CT molecular complexity index is 3210. The topological polar surface area (TPSA) is 65.0 Å². The first-order valence-electron chi connectivity index (χ1n) is 17.3. The van der Waals surface area contributed by atoms with Gasteiger partial charge in [-0.25, -0.2) is 15.0 Å². The molecule has 0 radical (unpaired) electrons. The largest absolute Gasteiger partial charge is 0.456 e. The molecule has 11 rings (SSSR count). The zero-order valence-electron chi connectivity index (χ0n) is 27.7. The third kappa shape index (κ3) is 4.60. The second kappa shape index (κ2) is 11.2. The van der Waals surface area contributed by atoms with E-state index in [1.165, 1.54) is 10.8 Å². The molecule has 0 aliphatic rings. The number of nitrogens with zero attached hydrogens (tertiary/aromatic N) is 3. The van der Waals surface area contributed by atoms with Crippen molar-refractivity contribution in [2.75, 3.05) is 0 Å². The van der Waals surface area contributed by atoms with Gasteiger partial charge in [0.2, 0.25) is 0 Å². The van der Waals surface area contributed by atoms with Gasteiger partial charge in [0.25, 0.3) is 0 Å². The van der Waals surface area contributed by atoms with E-state index in [0.29, 0.717) is 17.5 Å². The SMILES string of the molecule is c1ccc2cc(-c3nc(-c4ccc5c(c4)oc4ccccc45)nc(-c4cc(-c5ccc6ccccc6c5)c5c(c4)oc4ccccc45)n3)ccc2c1. The lowest BCUT2D eigenvalue weighted by atomic mass is 9.95. The molecular formula is C47H27N3O2. The highest BCUT2D eigenvalue weighted by atomic mass is 16.3. The Kier molecular flexibility index (Phi) is 6.18. The van der Waals surface area contributed by atoms with Crippen LogP contribution in [0.1, 0.15) is 0 Å². The first kappa shape index (κ1) is 28.7. The molecule has 0 spiro atoms. The van der Waals surface area contributed by atoms with E-state index >= 15 is 0 Å². The normalized spacial score (nSPS) is 11.8. The van der Waals surface area contributed by atoms with E-state index in [-0.39, 0.29) is 0 Å². The monoisotopic (exact) mass is 665 g/mol. The number of hydrogen-bond donors (Lipinski definition) is 0. The van der Waals surface area contributed by atoms with Crippen molar-refractivity contribution in [2.24, 2.45) is 0 Å². The van der Waals surface area contributed by atoms with Gasteiger partial charge >= 0.3 is 0 Å². The highest BCUT2D eigenvalue weighted by Gasteiger charge is 2.19. The van der Waals surface area contributed by atoms with Crippen LogP contribution in [-0.2, 0) is 0 Å². The van der Waals surface area contributed by atoms with Gasteiger partial charge in [-0.15, -0.1) is 0 Å². The predicted molar refractivity (Wildman–Crippen MR) is 211 cm³/mol. The molecule has 0 saturated carbocycles. The van der Waals surface area contributed by atoms with Crippen LogP contribution < -0.4 is 0 Å². The maximum Gasteiger partial charge on any atom is 0.164 e. The summed E-state index contributed by atoms with van der Waals surface area (Å²) < 4.78 is 12.8. The van der Waals surface area contributed by atoms with Gasteiger partial charge in [-0.3, -0.25) is 0 Å². The molecule has 0 atom stereocenters. The number of hydrogen-bond acceptors (Lipinski definition) is 5. The zero-order valence-corrected chi connectivity index (χ0v) is 27.7. The van der Waals surface area contributed by atoms with E-state index in [1.54, 1.807) is 0 Å². The average Bonchev–Trinajstić information content (AvgIpc) is 3.78. The molecule has 0 fully saturated rings. The van der Waals surface area contributed by atoms with E-state index in [4.69, 9.17) is 23.8 Å². The van der Waals surface area contributed by atoms with Gasteiger partial charge in [0.05, 0.1) is 0 Å². The molecule has 3 heterocycles. The molecule has 0 unspecified atom stereocenters. The van der Waals surface area contributed by atoms with E-state index < -0.39 is 0 Å². The van der Waals surface area contributed by atoms with Crippen LogP contribution in [0.25, 0.3) is 111 Å². The number of fused-ring (bicyclic) bond motifs is 8. The molecule has 8 aromatic carbocycles. The van der Waals surface area contributed by atoms with E-state index in [2.05, 4.69) is 127 Å². The molecule has 0 bridgehead atoms. The van der Waals surface area contributed by atoms with Crippen LogP contribution >= 0.6 is 0 Å². The lowest BCUT2D eigenvalue weighted by molar-refractivity contribution is 0.668. The van der Waals surface area contributed by atoms with Gasteiger partial charge in [-0.05, 0) is 81.2 Å². The Morgan fingerprint density at radius 1 is 0.308 bits per heavy atom. The number of para-hydroxylation sites is 2. The minimum atomic E-state index is 0.558. The van der Waals surface area contributed by atoms with Crippen LogP contribution in [0.4, 0.5) is 0 Å². The summed E-state index contributed by atoms with van der Waals surface area (Å²) in [5.74, 6) is 1.71. The van der Waals surface area contributed by atoms with Crippen molar-refractivity contribution in [3.63, 3.8) is 0 Å². The van der Waals surface area contributed by atoms with Gasteiger partial charge in [0.15, 0.2) is 17.5 Å². The second-order valence-electron chi connectivity index (χ2n) is 13.2. The van der Waals surface area contributed by atoms with Crippen molar-refractivity contribution in [1.29, 1.82) is 0 Å². The van der Waals surface area contributed by atoms with Crippen LogP contribution in [0.5, 0.6) is 0 Å². The van der Waals surface area contributed by atoms with Crippen molar-refractivity contribution in [1.82, 2.24) is 15.0 Å². The van der Waals surface area contributed by atoms with Crippen molar-refractivity contribution in [3.8, 4) is 45.3 Å². The summed E-state index contributed by atoms with van der Waals surface area (Å²) in [5.41, 5.74) is 8.00. The van der Waals surface area contributed by atoms with Crippen molar-refractivity contribution in [3.05, 3.63) is 164 Å². The third-order valence-electron chi connectivity index (χ3n) is 10.1. The van der Waals surface area contributed by atoms with Gasteiger partial charge in [0.1, 0.15) is 22.3 Å². The average molecular weight is 666 g/mol. The molecule has 242 valence electrons. The van der Waals surface area contributed by atoms with E-state index in [0.717, 1.165) is 82.5 Å². The standard InChI is InChI=1S/C47H27N3O2/c1-3-11-30-23-32(19-17-28(30)9-1)39-25-35(27-43-44(39)38-14-6-8-16-41(38)52-43)47-49-45(33-20-18-29-10-2-4-12-31(29)24-33)48-46(50-47)34-21-22-37-36-13-5-7-15-40(36)51-42(37)26-34/h1-27H. The number of rotatable bonds is 4. The smallest absolute Gasteiger partial charge is 0.164 e. The summed E-state index contributed by atoms with van der Waals surface area (Å²) in [6.45, 7) is 0. The first-order valence-corrected chi connectivity index (χ1v) is 17.3. The Balaban J connectivity index is 1.16. The summed E-state index contributed by atoms with van der Waals surface area (Å²) in [5, 5.41) is 8.92. The fourth-order valence-corrected chi connectivity index (χ4v) is 7.52. The molecule has 3 aromatic heterocycles. The van der Waals surface area contributed by atoms with Crippen LogP contribution in [0.3, 0.4) is 0 Å². The minimum absolute atomic E-state index is 0.558. The number of furan rings is 2. The second-order valence-corrected chi connectivity index (χ2v) is 13.2. The van der Waals surface area contributed by atoms with Crippen LogP contribution in [-0.4, -0.2) is 15.0 Å². The van der Waals surface area contributed by atoms with Crippen molar-refractivity contribution in [2.45, 2.75) is 0 Å². The quantitative estimate of drug-likeness (QED) is 0.187. The highest BCUT2D eigenvalue weighted by Crippen LogP contribution is 2.41. The molecular weight excluding hydrogens is 639 g/mol. The van der Waals surface area contributed by atoms with E-state index in [1.807, 2.05) is 36.4 Å². The molecule has 11 aromatic rings. The van der Waals surface area contributed by atoms with Gasteiger partial charge in [-0.2, -0.15) is 0 Å². The fourth-order valence-electron chi connectivity index (χ4n) is 7.52. The van der Waals surface area contributed by atoms with E-state index in [9.17, 15) is 0 Å². The maximum atomic E-state index is 6.54. The molecule has 0 aliphatic carbocycles. The van der Waals surface area contributed by atoms with Crippen LogP contribution in [0, 0.1) is 0 Å². The lowest BCUT2D eigenvalue weighted by Crippen LogP contribution is -2.00. The molecule has 0 aliphatic heterocycles. The Hall–Kier alpha value is -7.11. The summed E-state index contributed by atoms with van der Waals surface area (Å²) in [6.07, 6.45) is 0. The Morgan fingerprint density at radius 3 is 1.52 bits per heavy atom. The lowest BCUT2D eigenvalue weighted by Gasteiger charge is -2.12. The van der Waals surface area contributed by atoms with Crippen LogP contribution in [0.15, 0.2) is 173 Å². The molecule has 52 heavy (non-hydrogen) atoms. The summed E-state index contributed by atoms with van der Waals surface area (Å²) >= 11 is 0. The first-order chi connectivity index (χ1) is 25.7. The van der Waals surface area contributed by atoms with Gasteiger partial charge in [0, 0.05) is 38.2 Å². The van der Waals surface area contributed by atoms with Crippen LogP contribution in [0.2, 0.25) is 0 Å². The van der Waals surface area contributed by atoms with Crippen molar-refractivity contribution >= 4 is 65.4 Å².